The highest BCUT2D eigenvalue weighted by atomic mass is 35.5. The number of carboxylic acid groups (broad SMARTS) is 1. The number of carbonyl (C=O) groups excluding carboxylic acids is 1. The molecule has 0 aromatic rings. The van der Waals surface area contributed by atoms with Crippen molar-refractivity contribution in [3.63, 3.8) is 0 Å². The van der Waals surface area contributed by atoms with Gasteiger partial charge in [-0.2, -0.15) is 0 Å². The molecule has 1 N–H and O–H groups in total. The van der Waals surface area contributed by atoms with E-state index in [4.69, 9.17) is 5.11 Å². The van der Waals surface area contributed by atoms with Gasteiger partial charge in [0.1, 0.15) is 0 Å². The van der Waals surface area contributed by atoms with Crippen LogP contribution in [0, 0.1) is 5.92 Å². The first-order valence-electron chi connectivity index (χ1n) is 8.37. The van der Waals surface area contributed by atoms with Crippen molar-refractivity contribution in [1.82, 2.24) is 9.80 Å². The molecule has 22 heavy (non-hydrogen) atoms. The Morgan fingerprint density at radius 3 is 2.18 bits per heavy atom. The van der Waals surface area contributed by atoms with E-state index in [-0.39, 0.29) is 18.8 Å². The van der Waals surface area contributed by atoms with Crippen LogP contribution in [0.1, 0.15) is 51.4 Å². The number of amides is 1. The molecular formula is C16H29ClN2O3. The number of aliphatic carboxylic acids is 1. The minimum Gasteiger partial charge on any atom is -0.481 e. The second-order valence-corrected chi connectivity index (χ2v) is 6.41. The van der Waals surface area contributed by atoms with Crippen LogP contribution < -0.4 is 0 Å². The molecule has 0 atom stereocenters. The van der Waals surface area contributed by atoms with Gasteiger partial charge in [0.15, 0.2) is 0 Å². The first-order chi connectivity index (χ1) is 10.1. The van der Waals surface area contributed by atoms with Crippen molar-refractivity contribution in [2.45, 2.75) is 51.4 Å². The molecule has 1 heterocycles. The van der Waals surface area contributed by atoms with E-state index in [1.165, 1.54) is 32.1 Å². The number of halogens is 1. The van der Waals surface area contributed by atoms with Crippen LogP contribution in [0.3, 0.4) is 0 Å². The van der Waals surface area contributed by atoms with Crippen LogP contribution in [-0.2, 0) is 9.59 Å². The van der Waals surface area contributed by atoms with Crippen molar-refractivity contribution in [3.05, 3.63) is 0 Å². The van der Waals surface area contributed by atoms with E-state index in [0.29, 0.717) is 18.9 Å². The first-order valence-corrected chi connectivity index (χ1v) is 8.37. The molecule has 1 saturated carbocycles. The fourth-order valence-electron chi connectivity index (χ4n) is 3.44. The fraction of sp³-hybridized carbons (Fsp3) is 0.875. The predicted octanol–water partition coefficient (Wildman–Crippen LogP) is 2.39. The van der Waals surface area contributed by atoms with Crippen LogP contribution in [0.25, 0.3) is 0 Å². The lowest BCUT2D eigenvalue weighted by atomic mass is 9.86. The van der Waals surface area contributed by atoms with E-state index in [9.17, 15) is 9.59 Å². The standard InChI is InChI=1S/C16H28N2O3.ClH/c19-15(7-6-14-4-2-1-3-5-14)18-12-10-17(11-13-18)9-8-16(20)21;/h14H,1-13H2,(H,20,21);1H. The van der Waals surface area contributed by atoms with Gasteiger partial charge in [0.05, 0.1) is 6.42 Å². The van der Waals surface area contributed by atoms with Gasteiger partial charge < -0.3 is 10.0 Å². The fourth-order valence-corrected chi connectivity index (χ4v) is 3.44. The van der Waals surface area contributed by atoms with E-state index in [2.05, 4.69) is 4.90 Å². The SMILES string of the molecule is Cl.O=C(O)CCN1CCN(C(=O)CCC2CCCCC2)CC1. The highest BCUT2D eigenvalue weighted by Crippen LogP contribution is 2.27. The number of nitrogens with zero attached hydrogens (tertiary/aromatic N) is 2. The topological polar surface area (TPSA) is 60.9 Å². The Bertz CT molecular complexity index is 351. The monoisotopic (exact) mass is 332 g/mol. The van der Waals surface area contributed by atoms with Gasteiger partial charge in [0, 0.05) is 39.1 Å². The van der Waals surface area contributed by atoms with Crippen molar-refractivity contribution >= 4 is 24.3 Å². The Hall–Kier alpha value is -0.810. The molecule has 5 nitrogen and oxygen atoms in total. The Labute approximate surface area is 139 Å². The molecule has 1 amide bonds. The molecule has 1 aliphatic heterocycles. The van der Waals surface area contributed by atoms with Gasteiger partial charge in [-0.3, -0.25) is 14.5 Å². The maximum atomic E-state index is 12.2. The lowest BCUT2D eigenvalue weighted by molar-refractivity contribution is -0.138. The highest BCUT2D eigenvalue weighted by Gasteiger charge is 2.22. The van der Waals surface area contributed by atoms with E-state index in [1.807, 2.05) is 4.90 Å². The van der Waals surface area contributed by atoms with E-state index in [1.54, 1.807) is 0 Å². The summed E-state index contributed by atoms with van der Waals surface area (Å²) in [5.74, 6) is 0.305. The summed E-state index contributed by atoms with van der Waals surface area (Å²) in [7, 11) is 0. The van der Waals surface area contributed by atoms with Gasteiger partial charge in [-0.15, -0.1) is 12.4 Å². The molecule has 128 valence electrons. The van der Waals surface area contributed by atoms with Gasteiger partial charge in [0.25, 0.3) is 0 Å². The van der Waals surface area contributed by atoms with E-state index in [0.717, 1.165) is 38.5 Å². The van der Waals surface area contributed by atoms with Crippen LogP contribution in [0.4, 0.5) is 0 Å². The summed E-state index contributed by atoms with van der Waals surface area (Å²) in [6, 6.07) is 0. The second kappa shape index (κ2) is 10.1. The Morgan fingerprint density at radius 2 is 1.59 bits per heavy atom. The molecule has 2 aliphatic rings. The van der Waals surface area contributed by atoms with E-state index >= 15 is 0 Å². The van der Waals surface area contributed by atoms with Crippen LogP contribution in [0.15, 0.2) is 0 Å². The molecule has 6 heteroatoms. The van der Waals surface area contributed by atoms with Crippen LogP contribution >= 0.6 is 12.4 Å². The minimum absolute atomic E-state index is 0. The van der Waals surface area contributed by atoms with Gasteiger partial charge in [0.2, 0.25) is 5.91 Å². The smallest absolute Gasteiger partial charge is 0.304 e. The summed E-state index contributed by atoms with van der Waals surface area (Å²) in [6.45, 7) is 3.72. The molecule has 0 aromatic heterocycles. The third-order valence-electron chi connectivity index (χ3n) is 4.86. The third-order valence-corrected chi connectivity index (χ3v) is 4.86. The Kier molecular flexibility index (Phi) is 8.79. The highest BCUT2D eigenvalue weighted by molar-refractivity contribution is 5.85. The number of carboxylic acids is 1. The Balaban J connectivity index is 0.00000242. The van der Waals surface area contributed by atoms with Crippen molar-refractivity contribution in [2.24, 2.45) is 5.92 Å². The zero-order valence-corrected chi connectivity index (χ0v) is 14.2. The average molecular weight is 333 g/mol. The quantitative estimate of drug-likeness (QED) is 0.811. The van der Waals surface area contributed by atoms with Crippen LogP contribution in [-0.4, -0.2) is 59.5 Å². The van der Waals surface area contributed by atoms with Crippen molar-refractivity contribution < 1.29 is 14.7 Å². The maximum absolute atomic E-state index is 12.2. The zero-order valence-electron chi connectivity index (χ0n) is 13.3. The number of carbonyl (C=O) groups is 2. The molecule has 0 unspecified atom stereocenters. The van der Waals surface area contributed by atoms with E-state index < -0.39 is 5.97 Å². The number of hydrogen-bond acceptors (Lipinski definition) is 3. The minimum atomic E-state index is -0.749. The normalized spacial score (nSPS) is 20.5. The van der Waals surface area contributed by atoms with Gasteiger partial charge >= 0.3 is 5.97 Å². The second-order valence-electron chi connectivity index (χ2n) is 6.41. The summed E-state index contributed by atoms with van der Waals surface area (Å²) >= 11 is 0. The van der Waals surface area contributed by atoms with Gasteiger partial charge in [-0.1, -0.05) is 32.1 Å². The molecule has 0 spiro atoms. The molecule has 0 aromatic carbocycles. The summed E-state index contributed by atoms with van der Waals surface area (Å²) in [4.78, 5) is 26.9. The predicted molar refractivity (Wildman–Crippen MR) is 88.3 cm³/mol. The van der Waals surface area contributed by atoms with Crippen molar-refractivity contribution in [3.8, 4) is 0 Å². The van der Waals surface area contributed by atoms with Crippen molar-refractivity contribution in [2.75, 3.05) is 32.7 Å². The summed E-state index contributed by atoms with van der Waals surface area (Å²) in [6.07, 6.45) is 8.57. The molecule has 0 bridgehead atoms. The summed E-state index contributed by atoms with van der Waals surface area (Å²) in [5, 5.41) is 8.69. The molecule has 0 radical (unpaired) electrons. The summed E-state index contributed by atoms with van der Waals surface area (Å²) < 4.78 is 0. The largest absolute Gasteiger partial charge is 0.481 e. The molecule has 2 fully saturated rings. The molecule has 1 saturated heterocycles. The molecule has 2 rings (SSSR count). The van der Waals surface area contributed by atoms with Crippen molar-refractivity contribution in [1.29, 1.82) is 0 Å². The lowest BCUT2D eigenvalue weighted by Crippen LogP contribution is -2.49. The Morgan fingerprint density at radius 1 is 0.955 bits per heavy atom. The lowest BCUT2D eigenvalue weighted by Gasteiger charge is -2.34. The average Bonchev–Trinajstić information content (AvgIpc) is 2.52. The zero-order chi connectivity index (χ0) is 15.1. The number of hydrogen-bond donors (Lipinski definition) is 1. The van der Waals surface area contributed by atoms with Gasteiger partial charge in [-0.05, 0) is 12.3 Å². The summed E-state index contributed by atoms with van der Waals surface area (Å²) in [5.41, 5.74) is 0. The third kappa shape index (κ3) is 6.53. The van der Waals surface area contributed by atoms with Crippen LogP contribution in [0.2, 0.25) is 0 Å². The number of rotatable bonds is 6. The first kappa shape index (κ1) is 19.2. The maximum Gasteiger partial charge on any atom is 0.304 e. The molecule has 1 aliphatic carbocycles. The molecular weight excluding hydrogens is 304 g/mol. The van der Waals surface area contributed by atoms with Crippen LogP contribution in [0.5, 0.6) is 0 Å². The van der Waals surface area contributed by atoms with Gasteiger partial charge in [-0.25, -0.2) is 0 Å². The number of piperazine rings is 1.